The van der Waals surface area contributed by atoms with Crippen LogP contribution in [0.15, 0.2) is 11.1 Å². The van der Waals surface area contributed by atoms with E-state index in [2.05, 4.69) is 20.8 Å². The second kappa shape index (κ2) is 5.87. The van der Waals surface area contributed by atoms with Gasteiger partial charge in [0.05, 0.1) is 6.10 Å². The van der Waals surface area contributed by atoms with Crippen molar-refractivity contribution in [2.45, 2.75) is 72.5 Å². The number of carbonyl (C=O) groups is 1. The van der Waals surface area contributed by atoms with E-state index in [9.17, 15) is 9.90 Å². The molecule has 0 saturated heterocycles. The van der Waals surface area contributed by atoms with Gasteiger partial charge in [0.15, 0.2) is 0 Å². The average Bonchev–Trinajstić information content (AvgIpc) is 2.12. The van der Waals surface area contributed by atoms with Crippen LogP contribution in [0.4, 0.5) is 0 Å². The van der Waals surface area contributed by atoms with Crippen molar-refractivity contribution in [1.82, 2.24) is 0 Å². The third kappa shape index (κ3) is 4.13. The summed E-state index contributed by atoms with van der Waals surface area (Å²) in [7, 11) is 0. The molecule has 3 heteroatoms. The molecule has 18 heavy (non-hydrogen) atoms. The molecule has 0 amide bonds. The molecule has 0 radical (unpaired) electrons. The van der Waals surface area contributed by atoms with E-state index in [1.165, 1.54) is 18.1 Å². The van der Waals surface area contributed by atoms with Gasteiger partial charge in [0.2, 0.25) is 0 Å². The summed E-state index contributed by atoms with van der Waals surface area (Å²) in [6.45, 7) is 9.81. The molecular weight excluding hydrogens is 228 g/mol. The van der Waals surface area contributed by atoms with Crippen LogP contribution in [0.1, 0.15) is 60.3 Å². The van der Waals surface area contributed by atoms with Crippen LogP contribution in [0.5, 0.6) is 0 Å². The molecule has 1 aliphatic rings. The first-order valence-corrected chi connectivity index (χ1v) is 6.76. The quantitative estimate of drug-likeness (QED) is 0.619. The standard InChI is InChI=1S/C15H26O3/c1-10-8-13(18-12(3)17)9-15(4,5)14(10)7-6-11(2)16/h11,13,16H,6-9H2,1-5H3/t11-,13-/m1/s1. The first kappa shape index (κ1) is 15.2. The van der Waals surface area contributed by atoms with E-state index < -0.39 is 0 Å². The van der Waals surface area contributed by atoms with E-state index in [1.54, 1.807) is 0 Å². The van der Waals surface area contributed by atoms with E-state index in [-0.39, 0.29) is 23.6 Å². The van der Waals surface area contributed by atoms with E-state index in [0.717, 1.165) is 25.7 Å². The maximum Gasteiger partial charge on any atom is 0.302 e. The van der Waals surface area contributed by atoms with Crippen molar-refractivity contribution >= 4 is 5.97 Å². The van der Waals surface area contributed by atoms with Crippen molar-refractivity contribution in [1.29, 1.82) is 0 Å². The zero-order valence-corrected chi connectivity index (χ0v) is 12.2. The van der Waals surface area contributed by atoms with Crippen molar-refractivity contribution in [3.63, 3.8) is 0 Å². The van der Waals surface area contributed by atoms with E-state index >= 15 is 0 Å². The zero-order chi connectivity index (χ0) is 13.9. The largest absolute Gasteiger partial charge is 0.462 e. The fourth-order valence-electron chi connectivity index (χ4n) is 3.03. The molecular formula is C15H26O3. The highest BCUT2D eigenvalue weighted by atomic mass is 16.5. The topological polar surface area (TPSA) is 46.5 Å². The van der Waals surface area contributed by atoms with Gasteiger partial charge in [-0.05, 0) is 38.5 Å². The van der Waals surface area contributed by atoms with Gasteiger partial charge in [-0.25, -0.2) is 0 Å². The Labute approximate surface area is 110 Å². The van der Waals surface area contributed by atoms with Crippen molar-refractivity contribution in [2.24, 2.45) is 5.41 Å². The van der Waals surface area contributed by atoms with Gasteiger partial charge in [-0.2, -0.15) is 0 Å². The smallest absolute Gasteiger partial charge is 0.302 e. The van der Waals surface area contributed by atoms with Crippen LogP contribution in [0.25, 0.3) is 0 Å². The molecule has 0 saturated carbocycles. The van der Waals surface area contributed by atoms with Gasteiger partial charge in [-0.3, -0.25) is 4.79 Å². The number of esters is 1. The fourth-order valence-corrected chi connectivity index (χ4v) is 3.03. The number of hydrogen-bond donors (Lipinski definition) is 1. The summed E-state index contributed by atoms with van der Waals surface area (Å²) in [5.74, 6) is -0.198. The minimum atomic E-state index is -0.257. The lowest BCUT2D eigenvalue weighted by molar-refractivity contribution is -0.147. The molecule has 104 valence electrons. The van der Waals surface area contributed by atoms with Gasteiger partial charge in [-0.1, -0.05) is 25.0 Å². The third-order valence-electron chi connectivity index (χ3n) is 3.75. The predicted molar refractivity (Wildman–Crippen MR) is 72.2 cm³/mol. The molecule has 0 aromatic rings. The molecule has 1 N–H and O–H groups in total. The van der Waals surface area contributed by atoms with E-state index in [4.69, 9.17) is 4.74 Å². The summed E-state index contributed by atoms with van der Waals surface area (Å²) < 4.78 is 5.35. The number of ether oxygens (including phenoxy) is 1. The number of allylic oxidation sites excluding steroid dienone is 1. The van der Waals surface area contributed by atoms with Crippen LogP contribution in [-0.2, 0) is 9.53 Å². The monoisotopic (exact) mass is 254 g/mol. The summed E-state index contributed by atoms with van der Waals surface area (Å²) in [6, 6.07) is 0. The van der Waals surface area contributed by atoms with Crippen molar-refractivity contribution in [3.8, 4) is 0 Å². The van der Waals surface area contributed by atoms with Gasteiger partial charge in [0.25, 0.3) is 0 Å². The Morgan fingerprint density at radius 2 is 2.17 bits per heavy atom. The molecule has 0 unspecified atom stereocenters. The second-order valence-electron chi connectivity index (χ2n) is 6.17. The SMILES string of the molecule is CC(=O)O[C@@H]1CC(C)=C(CC[C@@H](C)O)C(C)(C)C1. The van der Waals surface area contributed by atoms with E-state index in [0.29, 0.717) is 0 Å². The maximum absolute atomic E-state index is 11.1. The Morgan fingerprint density at radius 3 is 2.61 bits per heavy atom. The zero-order valence-electron chi connectivity index (χ0n) is 12.2. The number of aliphatic hydroxyl groups excluding tert-OH is 1. The Hall–Kier alpha value is -0.830. The highest BCUT2D eigenvalue weighted by molar-refractivity contribution is 5.66. The first-order chi connectivity index (χ1) is 8.22. The lowest BCUT2D eigenvalue weighted by Crippen LogP contribution is -2.32. The van der Waals surface area contributed by atoms with Gasteiger partial charge in [0, 0.05) is 13.3 Å². The Balaban J connectivity index is 2.79. The number of aliphatic hydroxyl groups is 1. The molecule has 1 rings (SSSR count). The Bertz CT molecular complexity index is 340. The maximum atomic E-state index is 11.1. The van der Waals surface area contributed by atoms with Crippen LogP contribution in [-0.4, -0.2) is 23.3 Å². The highest BCUT2D eigenvalue weighted by Gasteiger charge is 2.34. The normalized spacial score (nSPS) is 24.9. The summed E-state index contributed by atoms with van der Waals surface area (Å²) in [4.78, 5) is 11.1. The van der Waals surface area contributed by atoms with Gasteiger partial charge < -0.3 is 9.84 Å². The highest BCUT2D eigenvalue weighted by Crippen LogP contribution is 2.43. The van der Waals surface area contributed by atoms with Crippen molar-refractivity contribution in [2.75, 3.05) is 0 Å². The third-order valence-corrected chi connectivity index (χ3v) is 3.75. The molecule has 3 nitrogen and oxygen atoms in total. The van der Waals surface area contributed by atoms with Crippen LogP contribution in [0.2, 0.25) is 0 Å². The van der Waals surface area contributed by atoms with E-state index in [1.807, 2.05) is 6.92 Å². The molecule has 0 fully saturated rings. The summed E-state index contributed by atoms with van der Waals surface area (Å²) in [6.07, 6.45) is 3.19. The fraction of sp³-hybridized carbons (Fsp3) is 0.800. The van der Waals surface area contributed by atoms with Crippen LogP contribution >= 0.6 is 0 Å². The Morgan fingerprint density at radius 1 is 1.56 bits per heavy atom. The summed E-state index contributed by atoms with van der Waals surface area (Å²) in [5, 5.41) is 9.42. The van der Waals surface area contributed by atoms with Crippen LogP contribution in [0, 0.1) is 5.41 Å². The molecule has 1 aliphatic carbocycles. The molecule has 0 aromatic carbocycles. The molecule has 0 aliphatic heterocycles. The Kier molecular flexibility index (Phi) is 4.97. The van der Waals surface area contributed by atoms with Gasteiger partial charge >= 0.3 is 5.97 Å². The van der Waals surface area contributed by atoms with Crippen LogP contribution < -0.4 is 0 Å². The minimum absolute atomic E-state index is 0.00722. The van der Waals surface area contributed by atoms with Crippen molar-refractivity contribution in [3.05, 3.63) is 11.1 Å². The molecule has 0 bridgehead atoms. The molecule has 0 heterocycles. The number of hydrogen-bond acceptors (Lipinski definition) is 3. The lowest BCUT2D eigenvalue weighted by Gasteiger charge is -2.38. The van der Waals surface area contributed by atoms with Crippen LogP contribution in [0.3, 0.4) is 0 Å². The molecule has 0 aromatic heterocycles. The first-order valence-electron chi connectivity index (χ1n) is 6.76. The average molecular weight is 254 g/mol. The summed E-state index contributed by atoms with van der Waals surface area (Å²) >= 11 is 0. The lowest BCUT2D eigenvalue weighted by atomic mass is 9.70. The molecule has 2 atom stereocenters. The summed E-state index contributed by atoms with van der Waals surface area (Å²) in [5.41, 5.74) is 2.79. The van der Waals surface area contributed by atoms with Crippen molar-refractivity contribution < 1.29 is 14.6 Å². The van der Waals surface area contributed by atoms with Gasteiger partial charge in [0.1, 0.15) is 6.10 Å². The second-order valence-corrected chi connectivity index (χ2v) is 6.17. The van der Waals surface area contributed by atoms with Gasteiger partial charge in [-0.15, -0.1) is 0 Å². The minimum Gasteiger partial charge on any atom is -0.462 e. The number of rotatable bonds is 4. The predicted octanol–water partition coefficient (Wildman–Crippen LogP) is 3.22. The molecule has 0 spiro atoms. The number of carbonyl (C=O) groups excluding carboxylic acids is 1.